The van der Waals surface area contributed by atoms with Gasteiger partial charge in [0.05, 0.1) is 0 Å². The molecule has 88 valence electrons. The normalized spacial score (nSPS) is 23.5. The fourth-order valence-electron chi connectivity index (χ4n) is 2.30. The van der Waals surface area contributed by atoms with Gasteiger partial charge in [-0.15, -0.1) is 0 Å². The van der Waals surface area contributed by atoms with Crippen LogP contribution in [-0.4, -0.2) is 36.4 Å². The molecule has 2 atom stereocenters. The van der Waals surface area contributed by atoms with Crippen molar-refractivity contribution in [2.45, 2.75) is 25.1 Å². The van der Waals surface area contributed by atoms with E-state index in [4.69, 9.17) is 0 Å². The van der Waals surface area contributed by atoms with Gasteiger partial charge in [-0.25, -0.2) is 0 Å². The number of nitrogens with zero attached hydrogens (tertiary/aromatic N) is 1. The van der Waals surface area contributed by atoms with E-state index in [0.29, 0.717) is 6.04 Å². The first-order chi connectivity index (χ1) is 7.81. The predicted octanol–water partition coefficient (Wildman–Crippen LogP) is 1.36. The molecule has 0 bridgehead atoms. The lowest BCUT2D eigenvalue weighted by molar-refractivity contribution is 0.0323. The number of rotatable bonds is 4. The second-order valence-corrected chi connectivity index (χ2v) is 4.37. The average Bonchev–Trinajstić information content (AvgIpc) is 2.73. The van der Waals surface area contributed by atoms with E-state index in [2.05, 4.69) is 34.5 Å². The van der Waals surface area contributed by atoms with Crippen molar-refractivity contribution in [3.05, 3.63) is 35.9 Å². The molecular weight excluding hydrogens is 200 g/mol. The molecule has 1 aliphatic rings. The number of aliphatic hydroxyl groups excluding tert-OH is 1. The van der Waals surface area contributed by atoms with E-state index in [1.807, 2.05) is 13.1 Å². The van der Waals surface area contributed by atoms with Gasteiger partial charge in [0.15, 0.2) is 0 Å². The van der Waals surface area contributed by atoms with Crippen LogP contribution in [0.4, 0.5) is 0 Å². The summed E-state index contributed by atoms with van der Waals surface area (Å²) in [6.45, 7) is 1.88. The summed E-state index contributed by atoms with van der Waals surface area (Å²) < 4.78 is 0. The third kappa shape index (κ3) is 2.61. The minimum absolute atomic E-state index is 0.250. The molecule has 0 amide bonds. The lowest BCUT2D eigenvalue weighted by Gasteiger charge is -2.26. The third-order valence-corrected chi connectivity index (χ3v) is 3.30. The maximum atomic E-state index is 9.78. The highest BCUT2D eigenvalue weighted by Crippen LogP contribution is 2.20. The molecule has 3 heteroatoms. The van der Waals surface area contributed by atoms with Crippen molar-refractivity contribution in [3.63, 3.8) is 0 Å². The van der Waals surface area contributed by atoms with Gasteiger partial charge in [-0.2, -0.15) is 0 Å². The Balaban J connectivity index is 2.00. The zero-order chi connectivity index (χ0) is 11.4. The molecule has 16 heavy (non-hydrogen) atoms. The monoisotopic (exact) mass is 220 g/mol. The van der Waals surface area contributed by atoms with E-state index in [-0.39, 0.29) is 6.23 Å². The number of likely N-dealkylation sites (tertiary alicyclic amines) is 1. The third-order valence-electron chi connectivity index (χ3n) is 3.30. The van der Waals surface area contributed by atoms with Crippen molar-refractivity contribution < 1.29 is 5.11 Å². The van der Waals surface area contributed by atoms with Gasteiger partial charge in [-0.1, -0.05) is 30.3 Å². The molecule has 1 fully saturated rings. The van der Waals surface area contributed by atoms with Gasteiger partial charge in [0.25, 0.3) is 0 Å². The molecule has 0 spiro atoms. The molecule has 1 aromatic carbocycles. The summed E-state index contributed by atoms with van der Waals surface area (Å²) in [5.41, 5.74) is 1.28. The summed E-state index contributed by atoms with van der Waals surface area (Å²) in [6.07, 6.45) is 1.76. The summed E-state index contributed by atoms with van der Waals surface area (Å²) in [5, 5.41) is 13.1. The van der Waals surface area contributed by atoms with Crippen LogP contribution >= 0.6 is 0 Å². The van der Waals surface area contributed by atoms with Crippen molar-refractivity contribution in [2.24, 2.45) is 0 Å². The Morgan fingerprint density at radius 1 is 1.44 bits per heavy atom. The quantitative estimate of drug-likeness (QED) is 0.804. The van der Waals surface area contributed by atoms with Crippen molar-refractivity contribution in [2.75, 3.05) is 20.1 Å². The summed E-state index contributed by atoms with van der Waals surface area (Å²) >= 11 is 0. The molecule has 1 heterocycles. The molecular formula is C13H20N2O. The van der Waals surface area contributed by atoms with E-state index >= 15 is 0 Å². The number of likely N-dealkylation sites (N-methyl/N-ethyl adjacent to an activating group) is 1. The first-order valence-electron chi connectivity index (χ1n) is 5.95. The molecule has 0 aromatic heterocycles. The maximum absolute atomic E-state index is 9.78. The SMILES string of the molecule is CN[C@H](CN1CCC[C@@H]1O)c1ccccc1. The summed E-state index contributed by atoms with van der Waals surface area (Å²) in [4.78, 5) is 2.15. The number of hydrogen-bond acceptors (Lipinski definition) is 3. The minimum Gasteiger partial charge on any atom is -0.378 e. The average molecular weight is 220 g/mol. The Labute approximate surface area is 97.1 Å². The van der Waals surface area contributed by atoms with Gasteiger partial charge in [-0.3, -0.25) is 4.90 Å². The van der Waals surface area contributed by atoms with E-state index in [0.717, 1.165) is 25.9 Å². The summed E-state index contributed by atoms with van der Waals surface area (Å²) in [6, 6.07) is 10.7. The smallest absolute Gasteiger partial charge is 0.107 e. The zero-order valence-electron chi connectivity index (χ0n) is 9.76. The summed E-state index contributed by atoms with van der Waals surface area (Å²) in [5.74, 6) is 0. The van der Waals surface area contributed by atoms with E-state index < -0.39 is 0 Å². The molecule has 0 saturated carbocycles. The molecule has 2 N–H and O–H groups in total. The molecule has 0 aliphatic carbocycles. The minimum atomic E-state index is -0.250. The highest BCUT2D eigenvalue weighted by Gasteiger charge is 2.24. The van der Waals surface area contributed by atoms with Crippen molar-refractivity contribution in [1.82, 2.24) is 10.2 Å². The second-order valence-electron chi connectivity index (χ2n) is 4.37. The van der Waals surface area contributed by atoms with Crippen molar-refractivity contribution in [3.8, 4) is 0 Å². The Morgan fingerprint density at radius 3 is 2.75 bits per heavy atom. The van der Waals surface area contributed by atoms with Crippen LogP contribution < -0.4 is 5.32 Å². The predicted molar refractivity (Wildman–Crippen MR) is 65.1 cm³/mol. The Kier molecular flexibility index (Phi) is 3.93. The van der Waals surface area contributed by atoms with Gasteiger partial charge in [0.1, 0.15) is 6.23 Å². The van der Waals surface area contributed by atoms with Gasteiger partial charge >= 0.3 is 0 Å². The first kappa shape index (κ1) is 11.6. The van der Waals surface area contributed by atoms with E-state index in [9.17, 15) is 5.11 Å². The van der Waals surface area contributed by atoms with Crippen LogP contribution in [0.1, 0.15) is 24.4 Å². The molecule has 1 aromatic rings. The number of benzene rings is 1. The second kappa shape index (κ2) is 5.43. The Morgan fingerprint density at radius 2 is 2.19 bits per heavy atom. The molecule has 2 rings (SSSR count). The number of aliphatic hydroxyl groups is 1. The fraction of sp³-hybridized carbons (Fsp3) is 0.538. The maximum Gasteiger partial charge on any atom is 0.107 e. The topological polar surface area (TPSA) is 35.5 Å². The van der Waals surface area contributed by atoms with Crippen LogP contribution in [0.3, 0.4) is 0 Å². The Hall–Kier alpha value is -0.900. The number of hydrogen-bond donors (Lipinski definition) is 2. The van der Waals surface area contributed by atoms with Crippen LogP contribution in [0.25, 0.3) is 0 Å². The molecule has 3 nitrogen and oxygen atoms in total. The van der Waals surface area contributed by atoms with Gasteiger partial charge in [0.2, 0.25) is 0 Å². The van der Waals surface area contributed by atoms with Crippen LogP contribution in [0.2, 0.25) is 0 Å². The van der Waals surface area contributed by atoms with Gasteiger partial charge < -0.3 is 10.4 Å². The lowest BCUT2D eigenvalue weighted by Crippen LogP contribution is -2.36. The van der Waals surface area contributed by atoms with Crippen molar-refractivity contribution in [1.29, 1.82) is 0 Å². The van der Waals surface area contributed by atoms with Gasteiger partial charge in [-0.05, 0) is 25.5 Å². The van der Waals surface area contributed by atoms with E-state index in [1.54, 1.807) is 0 Å². The van der Waals surface area contributed by atoms with Crippen LogP contribution in [0, 0.1) is 0 Å². The van der Waals surface area contributed by atoms with Crippen LogP contribution in [0.5, 0.6) is 0 Å². The fourth-order valence-corrected chi connectivity index (χ4v) is 2.30. The Bertz CT molecular complexity index is 315. The summed E-state index contributed by atoms with van der Waals surface area (Å²) in [7, 11) is 1.97. The molecule has 0 radical (unpaired) electrons. The largest absolute Gasteiger partial charge is 0.378 e. The van der Waals surface area contributed by atoms with Crippen molar-refractivity contribution >= 4 is 0 Å². The van der Waals surface area contributed by atoms with Gasteiger partial charge in [0, 0.05) is 19.1 Å². The first-order valence-corrected chi connectivity index (χ1v) is 5.95. The number of nitrogens with one attached hydrogen (secondary N) is 1. The standard InChI is InChI=1S/C13H20N2O/c1-14-12(11-6-3-2-4-7-11)10-15-9-5-8-13(15)16/h2-4,6-7,12-14,16H,5,8-10H2,1H3/t12-,13+/m1/s1. The zero-order valence-corrected chi connectivity index (χ0v) is 9.76. The van der Waals surface area contributed by atoms with Crippen LogP contribution in [-0.2, 0) is 0 Å². The van der Waals surface area contributed by atoms with E-state index in [1.165, 1.54) is 5.56 Å². The lowest BCUT2D eigenvalue weighted by atomic mass is 10.1. The molecule has 0 unspecified atom stereocenters. The van der Waals surface area contributed by atoms with Crippen LogP contribution in [0.15, 0.2) is 30.3 Å². The highest BCUT2D eigenvalue weighted by molar-refractivity contribution is 5.19. The highest BCUT2D eigenvalue weighted by atomic mass is 16.3. The molecule has 1 aliphatic heterocycles. The molecule has 1 saturated heterocycles.